The third-order valence-corrected chi connectivity index (χ3v) is 2.51. The van der Waals surface area contributed by atoms with Crippen molar-refractivity contribution in [3.05, 3.63) is 42.0 Å². The predicted molar refractivity (Wildman–Crippen MR) is 54.2 cm³/mol. The number of ether oxygens (including phenoxy) is 1. The van der Waals surface area contributed by atoms with E-state index >= 15 is 0 Å². The maximum atomic E-state index is 8.74. The summed E-state index contributed by atoms with van der Waals surface area (Å²) in [5.74, 6) is 1.20. The number of hydrogen-bond donors (Lipinski definition) is 0. The smallest absolute Gasteiger partial charge is 0.124 e. The maximum Gasteiger partial charge on any atom is 0.124 e. The van der Waals surface area contributed by atoms with Crippen molar-refractivity contribution in [1.82, 2.24) is 0 Å². The van der Waals surface area contributed by atoms with E-state index in [2.05, 4.69) is 12.6 Å². The molecule has 14 heavy (non-hydrogen) atoms. The molecule has 1 aliphatic rings. The Morgan fingerprint density at radius 1 is 1.57 bits per heavy atom. The zero-order valence-electron chi connectivity index (χ0n) is 7.86. The van der Waals surface area contributed by atoms with Gasteiger partial charge >= 0.3 is 0 Å². The molecule has 0 N–H and O–H groups in total. The van der Waals surface area contributed by atoms with Crippen LogP contribution >= 0.6 is 0 Å². The molecule has 70 valence electrons. The average molecular weight is 185 g/mol. The van der Waals surface area contributed by atoms with Crippen molar-refractivity contribution >= 4 is 0 Å². The van der Waals surface area contributed by atoms with Crippen molar-refractivity contribution in [2.45, 2.75) is 12.3 Å². The molecule has 2 nitrogen and oxygen atoms in total. The van der Waals surface area contributed by atoms with E-state index in [4.69, 9.17) is 10.00 Å². The highest BCUT2D eigenvalue weighted by atomic mass is 16.5. The molecule has 0 amide bonds. The molecule has 0 saturated heterocycles. The van der Waals surface area contributed by atoms with Crippen LogP contribution in [-0.2, 0) is 0 Å². The highest BCUT2D eigenvalue weighted by Crippen LogP contribution is 2.34. The van der Waals surface area contributed by atoms with Crippen LogP contribution in [0.5, 0.6) is 5.75 Å². The first-order chi connectivity index (χ1) is 6.85. The molecule has 2 rings (SSSR count). The van der Waals surface area contributed by atoms with E-state index in [0.717, 1.165) is 17.7 Å². The quantitative estimate of drug-likeness (QED) is 0.630. The van der Waals surface area contributed by atoms with E-state index < -0.39 is 0 Å². The Hall–Kier alpha value is -1.75. The van der Waals surface area contributed by atoms with Crippen molar-refractivity contribution in [2.75, 3.05) is 6.61 Å². The number of fused-ring (bicyclic) bond motifs is 1. The Morgan fingerprint density at radius 2 is 2.43 bits per heavy atom. The molecule has 0 fully saturated rings. The van der Waals surface area contributed by atoms with Crippen LogP contribution in [-0.4, -0.2) is 6.61 Å². The summed E-state index contributed by atoms with van der Waals surface area (Å²) in [6, 6.07) is 7.68. The van der Waals surface area contributed by atoms with Gasteiger partial charge in [0.1, 0.15) is 5.75 Å². The molecule has 1 atom stereocenters. The number of hydrogen-bond acceptors (Lipinski definition) is 2. The van der Waals surface area contributed by atoms with Crippen molar-refractivity contribution in [1.29, 1.82) is 5.26 Å². The minimum absolute atomic E-state index is 0.367. The third-order valence-electron chi connectivity index (χ3n) is 2.51. The zero-order chi connectivity index (χ0) is 9.97. The Labute approximate surface area is 83.4 Å². The first-order valence-electron chi connectivity index (χ1n) is 4.64. The highest BCUT2D eigenvalue weighted by molar-refractivity contribution is 5.46. The fourth-order valence-electron chi connectivity index (χ4n) is 1.73. The Kier molecular flexibility index (Phi) is 2.24. The molecule has 1 aliphatic heterocycles. The predicted octanol–water partition coefficient (Wildman–Crippen LogP) is 2.61. The van der Waals surface area contributed by atoms with Gasteiger partial charge in [-0.25, -0.2) is 0 Å². The Morgan fingerprint density at radius 3 is 3.14 bits per heavy atom. The SMILES string of the molecule is C=C[C@@H]1CCOc2cc(C#N)ccc21. The number of nitriles is 1. The molecule has 2 heteroatoms. The van der Waals surface area contributed by atoms with Crippen molar-refractivity contribution in [3.63, 3.8) is 0 Å². The van der Waals surface area contributed by atoms with E-state index in [1.165, 1.54) is 0 Å². The first-order valence-corrected chi connectivity index (χ1v) is 4.64. The summed E-state index contributed by atoms with van der Waals surface area (Å²) in [6.45, 7) is 4.51. The second-order valence-electron chi connectivity index (χ2n) is 3.34. The molecule has 0 saturated carbocycles. The number of rotatable bonds is 1. The lowest BCUT2D eigenvalue weighted by Gasteiger charge is -2.23. The van der Waals surface area contributed by atoms with Gasteiger partial charge < -0.3 is 4.74 Å². The second-order valence-corrected chi connectivity index (χ2v) is 3.34. The number of benzene rings is 1. The fourth-order valence-corrected chi connectivity index (χ4v) is 1.73. The molecule has 1 aromatic rings. The van der Waals surface area contributed by atoms with Gasteiger partial charge in [-0.1, -0.05) is 12.1 Å². The lowest BCUT2D eigenvalue weighted by Crippen LogP contribution is -2.12. The van der Waals surface area contributed by atoms with E-state index in [1.807, 2.05) is 18.2 Å². The van der Waals surface area contributed by atoms with Gasteiger partial charge in [-0.3, -0.25) is 0 Å². The normalized spacial score (nSPS) is 18.9. The zero-order valence-corrected chi connectivity index (χ0v) is 7.86. The molecule has 0 radical (unpaired) electrons. The van der Waals surface area contributed by atoms with E-state index in [9.17, 15) is 0 Å². The second kappa shape index (κ2) is 3.55. The summed E-state index contributed by atoms with van der Waals surface area (Å²) in [7, 11) is 0. The van der Waals surface area contributed by atoms with Crippen molar-refractivity contribution < 1.29 is 4.74 Å². The standard InChI is InChI=1S/C12H11NO/c1-2-10-5-6-14-12-7-9(8-13)3-4-11(10)12/h2-4,7,10H,1,5-6H2/t10-/m1/s1. The highest BCUT2D eigenvalue weighted by Gasteiger charge is 2.18. The minimum atomic E-state index is 0.367. The Balaban J connectivity index is 2.46. The van der Waals surface area contributed by atoms with Gasteiger partial charge in [0.05, 0.1) is 18.2 Å². The summed E-state index contributed by atoms with van der Waals surface area (Å²) in [6.07, 6.45) is 2.91. The van der Waals surface area contributed by atoms with Gasteiger partial charge in [-0.05, 0) is 18.6 Å². The van der Waals surface area contributed by atoms with E-state index in [-0.39, 0.29) is 0 Å². The van der Waals surface area contributed by atoms with Crippen LogP contribution in [0.4, 0.5) is 0 Å². The number of allylic oxidation sites excluding steroid dienone is 1. The van der Waals surface area contributed by atoms with Gasteiger partial charge in [-0.15, -0.1) is 6.58 Å². The van der Waals surface area contributed by atoms with Gasteiger partial charge in [0.25, 0.3) is 0 Å². The van der Waals surface area contributed by atoms with E-state index in [1.54, 1.807) is 6.07 Å². The van der Waals surface area contributed by atoms with Gasteiger partial charge in [0, 0.05) is 11.5 Å². The van der Waals surface area contributed by atoms with Crippen LogP contribution in [0.15, 0.2) is 30.9 Å². The van der Waals surface area contributed by atoms with Crippen molar-refractivity contribution in [3.8, 4) is 11.8 Å². The summed E-state index contributed by atoms with van der Waals surface area (Å²) in [4.78, 5) is 0. The fraction of sp³-hybridized carbons (Fsp3) is 0.250. The monoisotopic (exact) mass is 185 g/mol. The van der Waals surface area contributed by atoms with Crippen LogP contribution in [0, 0.1) is 11.3 Å². The van der Waals surface area contributed by atoms with Crippen LogP contribution in [0.1, 0.15) is 23.5 Å². The van der Waals surface area contributed by atoms with Crippen LogP contribution in [0.2, 0.25) is 0 Å². The summed E-state index contributed by atoms with van der Waals surface area (Å²) < 4.78 is 5.50. The Bertz CT molecular complexity index is 403. The first kappa shape index (κ1) is 8.83. The van der Waals surface area contributed by atoms with Gasteiger partial charge in [-0.2, -0.15) is 5.26 Å². The molecule has 0 aliphatic carbocycles. The lowest BCUT2D eigenvalue weighted by atomic mass is 9.92. The van der Waals surface area contributed by atoms with Crippen LogP contribution < -0.4 is 4.74 Å². The van der Waals surface area contributed by atoms with Gasteiger partial charge in [0.15, 0.2) is 0 Å². The summed E-state index contributed by atoms with van der Waals surface area (Å²) in [5.41, 5.74) is 1.79. The summed E-state index contributed by atoms with van der Waals surface area (Å²) >= 11 is 0. The van der Waals surface area contributed by atoms with Gasteiger partial charge in [0.2, 0.25) is 0 Å². The maximum absolute atomic E-state index is 8.74. The third kappa shape index (κ3) is 1.38. The molecule has 1 heterocycles. The average Bonchev–Trinajstić information content (AvgIpc) is 2.27. The van der Waals surface area contributed by atoms with Crippen LogP contribution in [0.3, 0.4) is 0 Å². The van der Waals surface area contributed by atoms with Crippen LogP contribution in [0.25, 0.3) is 0 Å². The molecule has 0 spiro atoms. The molecule has 0 aromatic heterocycles. The lowest BCUT2D eigenvalue weighted by molar-refractivity contribution is 0.279. The topological polar surface area (TPSA) is 33.0 Å². The summed E-state index contributed by atoms with van der Waals surface area (Å²) in [5, 5.41) is 8.74. The molecule has 0 unspecified atom stereocenters. The van der Waals surface area contributed by atoms with Crippen molar-refractivity contribution in [2.24, 2.45) is 0 Å². The molecular formula is C12H11NO. The largest absolute Gasteiger partial charge is 0.493 e. The molecular weight excluding hydrogens is 174 g/mol. The number of nitrogens with zero attached hydrogens (tertiary/aromatic N) is 1. The molecule has 0 bridgehead atoms. The minimum Gasteiger partial charge on any atom is -0.493 e. The van der Waals surface area contributed by atoms with E-state index in [0.29, 0.717) is 18.1 Å². The molecule has 1 aromatic carbocycles.